The van der Waals surface area contributed by atoms with Gasteiger partial charge in [-0.3, -0.25) is 0 Å². The Morgan fingerprint density at radius 1 is 0.826 bits per heavy atom. The average Bonchev–Trinajstić information content (AvgIpc) is 3.11. The van der Waals surface area contributed by atoms with Gasteiger partial charge in [0.05, 0.1) is 19.9 Å². The predicted molar refractivity (Wildman–Crippen MR) is 93.5 cm³/mol. The maximum absolute atomic E-state index is 5.22. The van der Waals surface area contributed by atoms with Gasteiger partial charge in [-0.1, -0.05) is 18.7 Å². The fraction of sp³-hybridized carbons (Fsp3) is 0.100. The molecule has 23 heavy (non-hydrogen) atoms. The molecule has 0 spiro atoms. The van der Waals surface area contributed by atoms with Gasteiger partial charge in [-0.05, 0) is 59.7 Å². The van der Waals surface area contributed by atoms with E-state index in [1.54, 1.807) is 14.2 Å². The summed E-state index contributed by atoms with van der Waals surface area (Å²) in [6.07, 6.45) is 2.03. The molecule has 0 bridgehead atoms. The molecule has 1 aromatic heterocycles. The first-order valence-electron chi connectivity index (χ1n) is 7.38. The summed E-state index contributed by atoms with van der Waals surface area (Å²) in [4.78, 5) is 0. The summed E-state index contributed by atoms with van der Waals surface area (Å²) >= 11 is 0. The highest BCUT2D eigenvalue weighted by molar-refractivity contribution is 5.77. The second kappa shape index (κ2) is 6.44. The van der Waals surface area contributed by atoms with Gasteiger partial charge in [-0.15, -0.1) is 0 Å². The Morgan fingerprint density at radius 3 is 1.96 bits per heavy atom. The zero-order valence-corrected chi connectivity index (χ0v) is 13.3. The molecule has 3 heteroatoms. The van der Waals surface area contributed by atoms with Crippen molar-refractivity contribution in [1.82, 2.24) is 4.57 Å². The Bertz CT molecular complexity index is 798. The maximum Gasteiger partial charge on any atom is 0.119 e. The minimum atomic E-state index is 0.840. The standard InChI is InChI=1S/C20H19NO2/c1-15(16-6-10-18(22-2)11-7-16)20-5-4-14-21(20)17-8-12-19(23-3)13-9-17/h4-14H,1H2,2-3H3. The van der Waals surface area contributed by atoms with Crippen LogP contribution in [0, 0.1) is 0 Å². The number of hydrogen-bond acceptors (Lipinski definition) is 2. The van der Waals surface area contributed by atoms with Crippen LogP contribution in [0.15, 0.2) is 73.4 Å². The lowest BCUT2D eigenvalue weighted by Gasteiger charge is -2.13. The molecule has 0 atom stereocenters. The predicted octanol–water partition coefficient (Wildman–Crippen LogP) is 4.56. The zero-order valence-electron chi connectivity index (χ0n) is 13.3. The van der Waals surface area contributed by atoms with E-state index >= 15 is 0 Å². The van der Waals surface area contributed by atoms with E-state index in [9.17, 15) is 0 Å². The quantitative estimate of drug-likeness (QED) is 0.690. The van der Waals surface area contributed by atoms with Crippen LogP contribution in [0.1, 0.15) is 11.3 Å². The van der Waals surface area contributed by atoms with Crippen molar-refractivity contribution in [2.45, 2.75) is 0 Å². The van der Waals surface area contributed by atoms with Crippen LogP contribution < -0.4 is 9.47 Å². The van der Waals surface area contributed by atoms with Crippen molar-refractivity contribution in [3.63, 3.8) is 0 Å². The van der Waals surface area contributed by atoms with E-state index in [1.165, 1.54) is 0 Å². The molecule has 0 fully saturated rings. The number of benzene rings is 2. The van der Waals surface area contributed by atoms with E-state index in [2.05, 4.69) is 17.2 Å². The molecule has 3 nitrogen and oxygen atoms in total. The Kier molecular flexibility index (Phi) is 4.20. The first kappa shape index (κ1) is 15.0. The number of hydrogen-bond donors (Lipinski definition) is 0. The van der Waals surface area contributed by atoms with Crippen LogP contribution in [0.25, 0.3) is 11.3 Å². The Hall–Kier alpha value is -2.94. The van der Waals surface area contributed by atoms with Gasteiger partial charge in [0.2, 0.25) is 0 Å². The molecule has 0 unspecified atom stereocenters. The Labute approximate surface area is 136 Å². The molecule has 0 radical (unpaired) electrons. The van der Waals surface area contributed by atoms with Crippen LogP contribution in [0.2, 0.25) is 0 Å². The molecule has 0 N–H and O–H groups in total. The zero-order chi connectivity index (χ0) is 16.2. The van der Waals surface area contributed by atoms with Crippen LogP contribution in [-0.2, 0) is 0 Å². The number of aromatic nitrogens is 1. The van der Waals surface area contributed by atoms with Crippen LogP contribution >= 0.6 is 0 Å². The third-order valence-corrected chi connectivity index (χ3v) is 3.85. The number of ether oxygens (including phenoxy) is 2. The highest BCUT2D eigenvalue weighted by Gasteiger charge is 2.09. The largest absolute Gasteiger partial charge is 0.497 e. The highest BCUT2D eigenvalue weighted by atomic mass is 16.5. The van der Waals surface area contributed by atoms with Crippen molar-refractivity contribution in [3.05, 3.63) is 84.7 Å². The van der Waals surface area contributed by atoms with Gasteiger partial charge in [0.1, 0.15) is 11.5 Å². The SMILES string of the molecule is C=C(c1ccc(OC)cc1)c1cccn1-c1ccc(OC)cc1. The van der Waals surface area contributed by atoms with Gasteiger partial charge in [-0.2, -0.15) is 0 Å². The van der Waals surface area contributed by atoms with E-state index < -0.39 is 0 Å². The first-order valence-corrected chi connectivity index (χ1v) is 7.38. The molecular weight excluding hydrogens is 286 g/mol. The molecule has 0 amide bonds. The Balaban J connectivity index is 1.94. The van der Waals surface area contributed by atoms with Crippen molar-refractivity contribution < 1.29 is 9.47 Å². The average molecular weight is 305 g/mol. The Morgan fingerprint density at radius 2 is 1.39 bits per heavy atom. The van der Waals surface area contributed by atoms with E-state index in [1.807, 2.05) is 60.8 Å². The van der Waals surface area contributed by atoms with Gasteiger partial charge >= 0.3 is 0 Å². The summed E-state index contributed by atoms with van der Waals surface area (Å²) in [5, 5.41) is 0. The summed E-state index contributed by atoms with van der Waals surface area (Å²) in [6.45, 7) is 4.26. The lowest BCUT2D eigenvalue weighted by atomic mass is 10.0. The molecule has 0 saturated heterocycles. The summed E-state index contributed by atoms with van der Waals surface area (Å²) in [5.74, 6) is 1.68. The van der Waals surface area contributed by atoms with Gasteiger partial charge in [0.25, 0.3) is 0 Å². The van der Waals surface area contributed by atoms with E-state index in [4.69, 9.17) is 9.47 Å². The van der Waals surface area contributed by atoms with E-state index in [0.717, 1.165) is 34.0 Å². The molecule has 3 aromatic rings. The summed E-state index contributed by atoms with van der Waals surface area (Å²) in [5.41, 5.74) is 4.16. The smallest absolute Gasteiger partial charge is 0.119 e. The van der Waals surface area contributed by atoms with Gasteiger partial charge in [-0.25, -0.2) is 0 Å². The normalized spacial score (nSPS) is 10.3. The number of rotatable bonds is 5. The second-order valence-electron chi connectivity index (χ2n) is 5.17. The van der Waals surface area contributed by atoms with E-state index in [-0.39, 0.29) is 0 Å². The third kappa shape index (κ3) is 2.99. The van der Waals surface area contributed by atoms with Gasteiger partial charge in [0, 0.05) is 11.9 Å². The first-order chi connectivity index (χ1) is 11.2. The third-order valence-electron chi connectivity index (χ3n) is 3.85. The van der Waals surface area contributed by atoms with Crippen molar-refractivity contribution in [1.29, 1.82) is 0 Å². The molecule has 0 aliphatic heterocycles. The van der Waals surface area contributed by atoms with Crippen molar-refractivity contribution >= 4 is 5.57 Å². The molecule has 0 aliphatic carbocycles. The lowest BCUT2D eigenvalue weighted by Crippen LogP contribution is -1.99. The summed E-state index contributed by atoms with van der Waals surface area (Å²) in [7, 11) is 3.33. The van der Waals surface area contributed by atoms with Crippen molar-refractivity contribution in [3.8, 4) is 17.2 Å². The molecule has 0 aliphatic rings. The minimum Gasteiger partial charge on any atom is -0.497 e. The van der Waals surface area contributed by atoms with Gasteiger partial charge in [0.15, 0.2) is 0 Å². The monoisotopic (exact) mass is 305 g/mol. The molecule has 116 valence electrons. The van der Waals surface area contributed by atoms with Crippen LogP contribution in [-0.4, -0.2) is 18.8 Å². The van der Waals surface area contributed by atoms with Gasteiger partial charge < -0.3 is 14.0 Å². The second-order valence-corrected chi connectivity index (χ2v) is 5.17. The van der Waals surface area contributed by atoms with Crippen LogP contribution in [0.3, 0.4) is 0 Å². The molecule has 1 heterocycles. The summed E-state index contributed by atoms with van der Waals surface area (Å²) in [6, 6.07) is 20.0. The number of methoxy groups -OCH3 is 2. The maximum atomic E-state index is 5.22. The minimum absolute atomic E-state index is 0.840. The fourth-order valence-electron chi connectivity index (χ4n) is 2.53. The summed E-state index contributed by atoms with van der Waals surface area (Å²) < 4.78 is 12.5. The molecule has 0 saturated carbocycles. The number of nitrogens with zero attached hydrogens (tertiary/aromatic N) is 1. The van der Waals surface area contributed by atoms with Crippen molar-refractivity contribution in [2.24, 2.45) is 0 Å². The van der Waals surface area contributed by atoms with E-state index in [0.29, 0.717) is 0 Å². The molecular formula is C20H19NO2. The highest BCUT2D eigenvalue weighted by Crippen LogP contribution is 2.27. The molecule has 2 aromatic carbocycles. The molecule has 3 rings (SSSR count). The lowest BCUT2D eigenvalue weighted by molar-refractivity contribution is 0.414. The topological polar surface area (TPSA) is 23.4 Å². The van der Waals surface area contributed by atoms with Crippen molar-refractivity contribution in [2.75, 3.05) is 14.2 Å². The van der Waals surface area contributed by atoms with Crippen LogP contribution in [0.4, 0.5) is 0 Å². The van der Waals surface area contributed by atoms with Crippen LogP contribution in [0.5, 0.6) is 11.5 Å². The fourth-order valence-corrected chi connectivity index (χ4v) is 2.53.